The van der Waals surface area contributed by atoms with Crippen LogP contribution in [0.2, 0.25) is 0 Å². The average molecular weight is 627 g/mol. The number of hydrogen-bond donors (Lipinski definition) is 2. The Morgan fingerprint density at radius 1 is 0.510 bits per heavy atom. The molecule has 0 radical (unpaired) electrons. The van der Waals surface area contributed by atoms with Crippen molar-refractivity contribution in [1.29, 1.82) is 5.41 Å². The van der Waals surface area contributed by atoms with Crippen molar-refractivity contribution in [3.63, 3.8) is 0 Å². The molecule has 0 saturated carbocycles. The molecule has 0 amide bonds. The third kappa shape index (κ3) is 4.24. The van der Waals surface area contributed by atoms with Gasteiger partial charge in [-0.2, -0.15) is 0 Å². The Hall–Kier alpha value is -6.25. The van der Waals surface area contributed by atoms with Crippen LogP contribution >= 0.6 is 0 Å². The summed E-state index contributed by atoms with van der Waals surface area (Å²) < 4.78 is 0. The Morgan fingerprint density at radius 2 is 1.14 bits per heavy atom. The van der Waals surface area contributed by atoms with E-state index in [9.17, 15) is 0 Å². The Morgan fingerprint density at radius 3 is 1.90 bits per heavy atom. The molecule has 0 atom stereocenters. The van der Waals surface area contributed by atoms with Crippen LogP contribution in [0, 0.1) is 12.3 Å². The van der Waals surface area contributed by atoms with Crippen LogP contribution in [0.15, 0.2) is 170 Å². The maximum Gasteiger partial charge on any atom is 0.0731 e. The average Bonchev–Trinajstić information content (AvgIpc) is 3.63. The molecule has 232 valence electrons. The van der Waals surface area contributed by atoms with Crippen LogP contribution in [-0.2, 0) is 5.41 Å². The van der Waals surface area contributed by atoms with Crippen LogP contribution in [0.3, 0.4) is 0 Å². The van der Waals surface area contributed by atoms with Gasteiger partial charge >= 0.3 is 0 Å². The van der Waals surface area contributed by atoms with Gasteiger partial charge in [-0.25, -0.2) is 0 Å². The van der Waals surface area contributed by atoms with Crippen LogP contribution in [0.5, 0.6) is 0 Å². The van der Waals surface area contributed by atoms with Crippen molar-refractivity contribution in [2.75, 3.05) is 5.73 Å². The van der Waals surface area contributed by atoms with Gasteiger partial charge in [0.1, 0.15) is 0 Å². The molecule has 49 heavy (non-hydrogen) atoms. The summed E-state index contributed by atoms with van der Waals surface area (Å²) >= 11 is 0. The molecule has 8 aromatic rings. The number of nitrogens with two attached hydrogens (primary N) is 1. The molecule has 2 nitrogen and oxygen atoms in total. The summed E-state index contributed by atoms with van der Waals surface area (Å²) in [5, 5.41) is 13.3. The van der Waals surface area contributed by atoms with Gasteiger partial charge in [0.25, 0.3) is 0 Å². The van der Waals surface area contributed by atoms with Crippen LogP contribution in [0.25, 0.3) is 43.8 Å². The fraction of sp³-hybridized carbons (Fsp3) is 0.0426. The lowest BCUT2D eigenvalue weighted by atomic mass is 9.69. The largest absolute Gasteiger partial charge is 0.398 e. The van der Waals surface area contributed by atoms with Crippen molar-refractivity contribution >= 4 is 32.9 Å². The summed E-state index contributed by atoms with van der Waals surface area (Å²) in [4.78, 5) is 0. The molecule has 0 unspecified atom stereocenters. The monoisotopic (exact) mass is 626 g/mol. The zero-order valence-electron chi connectivity index (χ0n) is 27.2. The van der Waals surface area contributed by atoms with Gasteiger partial charge in [-0.1, -0.05) is 169 Å². The predicted octanol–water partition coefficient (Wildman–Crippen LogP) is 11.3. The van der Waals surface area contributed by atoms with Crippen LogP contribution < -0.4 is 5.73 Å². The number of fused-ring (bicyclic) bond motifs is 14. The predicted molar refractivity (Wildman–Crippen MR) is 206 cm³/mol. The highest BCUT2D eigenvalue weighted by atomic mass is 14.6. The zero-order chi connectivity index (χ0) is 33.1. The smallest absolute Gasteiger partial charge is 0.0731 e. The molecule has 0 aliphatic heterocycles. The van der Waals surface area contributed by atoms with E-state index >= 15 is 0 Å². The number of aryl methyl sites for hydroxylation is 1. The first-order valence-corrected chi connectivity index (χ1v) is 16.8. The molecule has 0 fully saturated rings. The summed E-state index contributed by atoms with van der Waals surface area (Å²) in [6.45, 7) is 2.19. The molecule has 2 aliphatic carbocycles. The van der Waals surface area contributed by atoms with Gasteiger partial charge in [0.2, 0.25) is 0 Å². The van der Waals surface area contributed by atoms with Gasteiger partial charge in [0.05, 0.1) is 11.1 Å². The summed E-state index contributed by atoms with van der Waals surface area (Å²) in [5.74, 6) is 0. The number of rotatable bonds is 2. The second-order valence-electron chi connectivity index (χ2n) is 13.1. The first kappa shape index (κ1) is 28.9. The molecule has 0 aromatic heterocycles. The van der Waals surface area contributed by atoms with Gasteiger partial charge < -0.3 is 5.73 Å². The summed E-state index contributed by atoms with van der Waals surface area (Å²) in [6.07, 6.45) is 0. The van der Waals surface area contributed by atoms with E-state index in [1.165, 1.54) is 71.6 Å². The standard InChI is InChI=1S/C34H22.C13H12N2/c1-21-14-17-25-23(20-21)15-18-28-32-24-9-3-2-8-22(24)16-19-31(32)34(33(25)28)29-12-6-4-10-26(29)27-11-5-7-13-30(27)34;14-12-9-5-4-8-11(12)13(15)10-6-2-1-3-7-10/h2-20H,1H3;1-9,15H,14H2. The second kappa shape index (κ2) is 11.2. The van der Waals surface area contributed by atoms with Gasteiger partial charge in [0, 0.05) is 16.8 Å². The summed E-state index contributed by atoms with van der Waals surface area (Å²) in [7, 11) is 0. The fourth-order valence-corrected chi connectivity index (χ4v) is 8.35. The number of anilines is 1. The molecule has 0 bridgehead atoms. The number of nitrogens with one attached hydrogen (secondary N) is 1. The molecule has 8 aromatic carbocycles. The lowest BCUT2D eigenvalue weighted by Gasteiger charge is -2.31. The normalized spacial score (nSPS) is 12.9. The molecule has 2 heteroatoms. The zero-order valence-corrected chi connectivity index (χ0v) is 27.2. The first-order chi connectivity index (χ1) is 24.1. The van der Waals surface area contributed by atoms with Crippen LogP contribution in [0.1, 0.15) is 38.9 Å². The Kier molecular flexibility index (Phi) is 6.60. The Balaban J connectivity index is 0.000000183. The third-order valence-electron chi connectivity index (χ3n) is 10.4. The van der Waals surface area contributed by atoms with E-state index in [1.54, 1.807) is 0 Å². The van der Waals surface area contributed by atoms with Crippen LogP contribution in [0.4, 0.5) is 5.69 Å². The van der Waals surface area contributed by atoms with Crippen molar-refractivity contribution < 1.29 is 0 Å². The highest BCUT2D eigenvalue weighted by Crippen LogP contribution is 2.64. The number of nitrogen functional groups attached to an aromatic ring is 1. The van der Waals surface area contributed by atoms with Gasteiger partial charge in [-0.3, -0.25) is 5.41 Å². The van der Waals surface area contributed by atoms with Crippen LogP contribution in [-0.4, -0.2) is 5.71 Å². The van der Waals surface area contributed by atoms with Gasteiger partial charge in [0.15, 0.2) is 0 Å². The van der Waals surface area contributed by atoms with E-state index in [0.717, 1.165) is 11.1 Å². The lowest BCUT2D eigenvalue weighted by Crippen LogP contribution is -2.26. The molecular formula is C47H34N2. The van der Waals surface area contributed by atoms with Crippen molar-refractivity contribution in [2.24, 2.45) is 0 Å². The molecule has 3 N–H and O–H groups in total. The van der Waals surface area contributed by atoms with Gasteiger partial charge in [-0.15, -0.1) is 0 Å². The van der Waals surface area contributed by atoms with E-state index in [2.05, 4.69) is 122 Å². The minimum atomic E-state index is -0.309. The topological polar surface area (TPSA) is 49.9 Å². The first-order valence-electron chi connectivity index (χ1n) is 16.8. The number of para-hydroxylation sites is 1. The molecule has 0 saturated heterocycles. The molecule has 0 heterocycles. The van der Waals surface area contributed by atoms with Crippen molar-refractivity contribution in [1.82, 2.24) is 0 Å². The van der Waals surface area contributed by atoms with Crippen molar-refractivity contribution in [3.8, 4) is 22.3 Å². The fourth-order valence-electron chi connectivity index (χ4n) is 8.35. The molecular weight excluding hydrogens is 593 g/mol. The molecule has 2 aliphatic rings. The SMILES string of the molecule is Cc1ccc2c3c(ccc2c1)-c1c(ccc2ccccc12)C31c2ccccc2-c2ccccc21.N=C(c1ccccc1)c1ccccc1N. The van der Waals surface area contributed by atoms with E-state index in [4.69, 9.17) is 11.1 Å². The number of hydrogen-bond acceptors (Lipinski definition) is 2. The molecule has 10 rings (SSSR count). The minimum absolute atomic E-state index is 0.309. The molecule has 1 spiro atoms. The highest BCUT2D eigenvalue weighted by Gasteiger charge is 2.52. The third-order valence-corrected chi connectivity index (χ3v) is 10.4. The lowest BCUT2D eigenvalue weighted by molar-refractivity contribution is 0.802. The highest BCUT2D eigenvalue weighted by molar-refractivity contribution is 6.14. The Bertz CT molecular complexity index is 2550. The second-order valence-corrected chi connectivity index (χ2v) is 13.1. The maximum absolute atomic E-state index is 8.03. The summed E-state index contributed by atoms with van der Waals surface area (Å²) in [5.41, 5.74) is 20.7. The van der Waals surface area contributed by atoms with Crippen molar-refractivity contribution in [2.45, 2.75) is 12.3 Å². The van der Waals surface area contributed by atoms with Crippen molar-refractivity contribution in [3.05, 3.63) is 209 Å². The minimum Gasteiger partial charge on any atom is -0.398 e. The number of benzene rings is 8. The van der Waals surface area contributed by atoms with E-state index in [0.29, 0.717) is 11.4 Å². The van der Waals surface area contributed by atoms with E-state index in [1.807, 2.05) is 54.6 Å². The summed E-state index contributed by atoms with van der Waals surface area (Å²) in [6, 6.07) is 60.3. The van der Waals surface area contributed by atoms with E-state index in [-0.39, 0.29) is 5.41 Å². The van der Waals surface area contributed by atoms with E-state index < -0.39 is 0 Å². The Labute approximate surface area is 286 Å². The maximum atomic E-state index is 8.03. The quantitative estimate of drug-likeness (QED) is 0.146. The van der Waals surface area contributed by atoms with Gasteiger partial charge in [-0.05, 0) is 79.0 Å².